The molecule has 3 nitrogen and oxygen atoms in total. The number of aromatic nitrogens is 1. The second kappa shape index (κ2) is 6.68. The van der Waals surface area contributed by atoms with Crippen molar-refractivity contribution in [1.82, 2.24) is 10.3 Å². The number of ether oxygens (including phenoxy) is 1. The molecule has 0 atom stereocenters. The normalized spacial score (nSPS) is 10.7. The van der Waals surface area contributed by atoms with E-state index in [-0.39, 0.29) is 0 Å². The van der Waals surface area contributed by atoms with Gasteiger partial charge in [0.15, 0.2) is 0 Å². The fourth-order valence-corrected chi connectivity index (χ4v) is 1.98. The van der Waals surface area contributed by atoms with E-state index in [1.807, 2.05) is 36.4 Å². The molecule has 0 saturated carbocycles. The van der Waals surface area contributed by atoms with Gasteiger partial charge in [-0.2, -0.15) is 0 Å². The lowest BCUT2D eigenvalue weighted by Gasteiger charge is -2.12. The monoisotopic (exact) mass is 320 g/mol. The third-order valence-electron chi connectivity index (χ3n) is 2.56. The lowest BCUT2D eigenvalue weighted by molar-refractivity contribution is 0.450. The van der Waals surface area contributed by atoms with Gasteiger partial charge in [0.1, 0.15) is 5.75 Å². The molecule has 0 spiro atoms. The molecule has 0 unspecified atom stereocenters. The Kier molecular flexibility index (Phi) is 4.93. The van der Waals surface area contributed by atoms with Crippen molar-refractivity contribution in [2.45, 2.75) is 26.4 Å². The first-order valence-corrected chi connectivity index (χ1v) is 7.05. The largest absolute Gasteiger partial charge is 0.439 e. The lowest BCUT2D eigenvalue weighted by atomic mass is 10.2. The summed E-state index contributed by atoms with van der Waals surface area (Å²) in [7, 11) is 0. The first-order valence-electron chi connectivity index (χ1n) is 6.26. The Morgan fingerprint density at radius 2 is 2.11 bits per heavy atom. The molecule has 4 heteroatoms. The molecule has 0 radical (unpaired) electrons. The molecule has 1 aromatic carbocycles. The van der Waals surface area contributed by atoms with Crippen molar-refractivity contribution in [3.63, 3.8) is 0 Å². The number of hydrogen-bond donors (Lipinski definition) is 1. The lowest BCUT2D eigenvalue weighted by Crippen LogP contribution is -2.22. The van der Waals surface area contributed by atoms with Crippen LogP contribution in [0.25, 0.3) is 0 Å². The quantitative estimate of drug-likeness (QED) is 0.899. The molecular weight excluding hydrogens is 304 g/mol. The van der Waals surface area contributed by atoms with E-state index in [1.54, 1.807) is 6.20 Å². The average molecular weight is 321 g/mol. The van der Waals surface area contributed by atoms with Gasteiger partial charge in [-0.3, -0.25) is 0 Å². The summed E-state index contributed by atoms with van der Waals surface area (Å²) in [5.74, 6) is 1.42. The van der Waals surface area contributed by atoms with Crippen LogP contribution in [0, 0.1) is 0 Å². The second-order valence-corrected chi connectivity index (χ2v) is 5.48. The Balaban J connectivity index is 2.15. The van der Waals surface area contributed by atoms with Crippen LogP contribution < -0.4 is 10.1 Å². The van der Waals surface area contributed by atoms with Crippen LogP contribution in [0.2, 0.25) is 0 Å². The van der Waals surface area contributed by atoms with Crippen LogP contribution in [-0.2, 0) is 6.54 Å². The van der Waals surface area contributed by atoms with Crippen LogP contribution in [0.3, 0.4) is 0 Å². The van der Waals surface area contributed by atoms with E-state index in [2.05, 4.69) is 40.1 Å². The predicted octanol–water partition coefficient (Wildman–Crippen LogP) is 4.13. The van der Waals surface area contributed by atoms with Crippen molar-refractivity contribution in [2.75, 3.05) is 0 Å². The van der Waals surface area contributed by atoms with Crippen molar-refractivity contribution in [3.8, 4) is 11.6 Å². The SMILES string of the molecule is CC(C)NCc1cccnc1Oc1cccc(Br)c1. The zero-order valence-electron chi connectivity index (χ0n) is 11.1. The Bertz CT molecular complexity index is 543. The van der Waals surface area contributed by atoms with E-state index < -0.39 is 0 Å². The van der Waals surface area contributed by atoms with Gasteiger partial charge in [0, 0.05) is 28.8 Å². The van der Waals surface area contributed by atoms with E-state index in [1.165, 1.54) is 0 Å². The van der Waals surface area contributed by atoms with E-state index in [4.69, 9.17) is 4.74 Å². The molecule has 0 saturated heterocycles. The van der Waals surface area contributed by atoms with Gasteiger partial charge in [-0.15, -0.1) is 0 Å². The maximum atomic E-state index is 5.84. The smallest absolute Gasteiger partial charge is 0.223 e. The summed E-state index contributed by atoms with van der Waals surface area (Å²) in [5.41, 5.74) is 1.05. The summed E-state index contributed by atoms with van der Waals surface area (Å²) in [6, 6.07) is 12.1. The molecule has 2 rings (SSSR count). The first kappa shape index (κ1) is 14.0. The van der Waals surface area contributed by atoms with Crippen molar-refractivity contribution in [3.05, 3.63) is 52.6 Å². The zero-order valence-corrected chi connectivity index (χ0v) is 12.6. The molecule has 0 amide bonds. The minimum absolute atomic E-state index is 0.430. The van der Waals surface area contributed by atoms with Crippen molar-refractivity contribution >= 4 is 15.9 Å². The van der Waals surface area contributed by atoms with Gasteiger partial charge in [-0.25, -0.2) is 4.98 Å². The number of pyridine rings is 1. The minimum Gasteiger partial charge on any atom is -0.439 e. The summed E-state index contributed by atoms with van der Waals surface area (Å²) in [4.78, 5) is 4.30. The molecule has 0 fully saturated rings. The Hall–Kier alpha value is -1.39. The zero-order chi connectivity index (χ0) is 13.7. The molecular formula is C15H17BrN2O. The van der Waals surface area contributed by atoms with Crippen molar-refractivity contribution < 1.29 is 4.74 Å². The van der Waals surface area contributed by atoms with E-state index in [9.17, 15) is 0 Å². The minimum atomic E-state index is 0.430. The molecule has 0 bridgehead atoms. The third-order valence-corrected chi connectivity index (χ3v) is 3.05. The van der Waals surface area contributed by atoms with Crippen LogP contribution in [-0.4, -0.2) is 11.0 Å². The maximum absolute atomic E-state index is 5.84. The van der Waals surface area contributed by atoms with Crippen LogP contribution in [0.5, 0.6) is 11.6 Å². The number of rotatable bonds is 5. The highest BCUT2D eigenvalue weighted by Crippen LogP contribution is 2.25. The number of halogens is 1. The molecule has 19 heavy (non-hydrogen) atoms. The summed E-state index contributed by atoms with van der Waals surface area (Å²) in [5, 5.41) is 3.37. The second-order valence-electron chi connectivity index (χ2n) is 4.56. The fraction of sp³-hybridized carbons (Fsp3) is 0.267. The van der Waals surface area contributed by atoms with Crippen molar-refractivity contribution in [2.24, 2.45) is 0 Å². The van der Waals surface area contributed by atoms with E-state index in [0.29, 0.717) is 11.9 Å². The molecule has 2 aromatic rings. The third kappa shape index (κ3) is 4.33. The molecule has 0 aliphatic carbocycles. The van der Waals surface area contributed by atoms with E-state index in [0.717, 1.165) is 22.3 Å². The van der Waals surface area contributed by atoms with Gasteiger partial charge in [0.05, 0.1) is 0 Å². The Morgan fingerprint density at radius 1 is 1.26 bits per heavy atom. The summed E-state index contributed by atoms with van der Waals surface area (Å²) < 4.78 is 6.83. The van der Waals surface area contributed by atoms with Gasteiger partial charge in [0.2, 0.25) is 5.88 Å². The number of benzene rings is 1. The fourth-order valence-electron chi connectivity index (χ4n) is 1.61. The van der Waals surface area contributed by atoms with Gasteiger partial charge in [-0.05, 0) is 24.3 Å². The summed E-state index contributed by atoms with van der Waals surface area (Å²) in [6.45, 7) is 4.98. The maximum Gasteiger partial charge on any atom is 0.223 e. The van der Waals surface area contributed by atoms with Gasteiger partial charge in [-0.1, -0.05) is 41.9 Å². The van der Waals surface area contributed by atoms with Gasteiger partial charge in [0.25, 0.3) is 0 Å². The highest BCUT2D eigenvalue weighted by atomic mass is 79.9. The molecule has 1 aromatic heterocycles. The molecule has 0 aliphatic rings. The van der Waals surface area contributed by atoms with Crippen LogP contribution in [0.1, 0.15) is 19.4 Å². The Morgan fingerprint density at radius 3 is 2.84 bits per heavy atom. The summed E-state index contributed by atoms with van der Waals surface area (Å²) in [6.07, 6.45) is 1.74. The molecule has 100 valence electrons. The molecule has 0 aliphatic heterocycles. The topological polar surface area (TPSA) is 34.2 Å². The van der Waals surface area contributed by atoms with Crippen LogP contribution >= 0.6 is 15.9 Å². The van der Waals surface area contributed by atoms with Crippen LogP contribution in [0.4, 0.5) is 0 Å². The number of nitrogens with one attached hydrogen (secondary N) is 1. The van der Waals surface area contributed by atoms with Gasteiger partial charge < -0.3 is 10.1 Å². The number of nitrogens with zero attached hydrogens (tertiary/aromatic N) is 1. The van der Waals surface area contributed by atoms with Crippen molar-refractivity contribution in [1.29, 1.82) is 0 Å². The first-order chi connectivity index (χ1) is 9.15. The van der Waals surface area contributed by atoms with E-state index >= 15 is 0 Å². The molecule has 1 heterocycles. The van der Waals surface area contributed by atoms with Gasteiger partial charge >= 0.3 is 0 Å². The highest BCUT2D eigenvalue weighted by Gasteiger charge is 2.06. The predicted molar refractivity (Wildman–Crippen MR) is 80.4 cm³/mol. The number of hydrogen-bond acceptors (Lipinski definition) is 3. The highest BCUT2D eigenvalue weighted by molar-refractivity contribution is 9.10. The van der Waals surface area contributed by atoms with Crippen LogP contribution in [0.15, 0.2) is 47.1 Å². The molecule has 1 N–H and O–H groups in total. The average Bonchev–Trinajstić information content (AvgIpc) is 2.38. The standard InChI is InChI=1S/C15H17BrN2O/c1-11(2)18-10-12-5-4-8-17-15(12)19-14-7-3-6-13(16)9-14/h3-9,11,18H,10H2,1-2H3. The summed E-state index contributed by atoms with van der Waals surface area (Å²) >= 11 is 3.43. The Labute approximate surface area is 122 Å².